The summed E-state index contributed by atoms with van der Waals surface area (Å²) in [6, 6.07) is 10.1. The van der Waals surface area contributed by atoms with Gasteiger partial charge in [-0.3, -0.25) is 9.78 Å². The summed E-state index contributed by atoms with van der Waals surface area (Å²) in [6.07, 6.45) is 2.38. The molecule has 3 nitrogen and oxygen atoms in total. The van der Waals surface area contributed by atoms with E-state index in [1.165, 1.54) is 5.56 Å². The van der Waals surface area contributed by atoms with Crippen molar-refractivity contribution in [1.82, 2.24) is 10.3 Å². The summed E-state index contributed by atoms with van der Waals surface area (Å²) in [5.41, 5.74) is 2.20. The Morgan fingerprint density at radius 2 is 2.12 bits per heavy atom. The molecule has 16 heavy (non-hydrogen) atoms. The van der Waals surface area contributed by atoms with E-state index >= 15 is 0 Å². The van der Waals surface area contributed by atoms with Crippen LogP contribution in [-0.2, 0) is 4.79 Å². The fraction of sp³-hybridized carbons (Fsp3) is 0.231. The molecule has 1 unspecified atom stereocenters. The van der Waals surface area contributed by atoms with Crippen LogP contribution in [0.1, 0.15) is 17.9 Å². The predicted octanol–water partition coefficient (Wildman–Crippen LogP) is 1.84. The number of hydrogen-bond donors (Lipinski definition) is 1. The molecule has 80 valence electrons. The van der Waals surface area contributed by atoms with Crippen LogP contribution >= 0.6 is 0 Å². The van der Waals surface area contributed by atoms with E-state index in [0.29, 0.717) is 6.42 Å². The Bertz CT molecular complexity index is 545. The summed E-state index contributed by atoms with van der Waals surface area (Å²) < 4.78 is 0. The molecule has 3 rings (SSSR count). The number of aromatic nitrogens is 1. The maximum atomic E-state index is 11.2. The molecule has 3 heteroatoms. The van der Waals surface area contributed by atoms with Crippen molar-refractivity contribution in [3.63, 3.8) is 0 Å². The molecule has 1 aromatic carbocycles. The van der Waals surface area contributed by atoms with Crippen molar-refractivity contribution in [1.29, 1.82) is 0 Å². The fourth-order valence-electron chi connectivity index (χ4n) is 2.28. The van der Waals surface area contributed by atoms with Crippen LogP contribution < -0.4 is 5.32 Å². The Morgan fingerprint density at radius 1 is 1.25 bits per heavy atom. The minimum atomic E-state index is 0.137. The van der Waals surface area contributed by atoms with Crippen molar-refractivity contribution in [2.45, 2.75) is 12.3 Å². The second-order valence-electron chi connectivity index (χ2n) is 4.13. The highest BCUT2D eigenvalue weighted by atomic mass is 16.1. The summed E-state index contributed by atoms with van der Waals surface area (Å²) in [6.45, 7) is 0.731. The molecule has 0 radical (unpaired) electrons. The minimum Gasteiger partial charge on any atom is -0.355 e. The monoisotopic (exact) mass is 212 g/mol. The van der Waals surface area contributed by atoms with Crippen LogP contribution in [0.5, 0.6) is 0 Å². The first-order valence-electron chi connectivity index (χ1n) is 5.45. The van der Waals surface area contributed by atoms with Gasteiger partial charge in [-0.15, -0.1) is 0 Å². The number of benzene rings is 1. The van der Waals surface area contributed by atoms with Crippen LogP contribution in [0.2, 0.25) is 0 Å². The number of rotatable bonds is 1. The van der Waals surface area contributed by atoms with E-state index in [4.69, 9.17) is 0 Å². The summed E-state index contributed by atoms with van der Waals surface area (Å²) >= 11 is 0. The zero-order valence-electron chi connectivity index (χ0n) is 8.81. The SMILES string of the molecule is O=C1CC(c2cccc3cccnc23)CN1. The Morgan fingerprint density at radius 3 is 2.94 bits per heavy atom. The Labute approximate surface area is 93.5 Å². The highest BCUT2D eigenvalue weighted by Crippen LogP contribution is 2.28. The van der Waals surface area contributed by atoms with Crippen molar-refractivity contribution in [2.24, 2.45) is 0 Å². The van der Waals surface area contributed by atoms with Gasteiger partial charge < -0.3 is 5.32 Å². The van der Waals surface area contributed by atoms with Gasteiger partial charge in [0.15, 0.2) is 0 Å². The topological polar surface area (TPSA) is 42.0 Å². The quantitative estimate of drug-likeness (QED) is 0.783. The summed E-state index contributed by atoms with van der Waals surface area (Å²) in [4.78, 5) is 15.6. The van der Waals surface area contributed by atoms with Crippen molar-refractivity contribution < 1.29 is 4.79 Å². The molecule has 1 aromatic heterocycles. The average Bonchev–Trinajstić information content (AvgIpc) is 2.75. The largest absolute Gasteiger partial charge is 0.355 e. The lowest BCUT2D eigenvalue weighted by molar-refractivity contribution is -0.119. The number of para-hydroxylation sites is 1. The lowest BCUT2D eigenvalue weighted by Gasteiger charge is -2.10. The molecule has 1 fully saturated rings. The lowest BCUT2D eigenvalue weighted by Crippen LogP contribution is -2.13. The minimum absolute atomic E-state index is 0.137. The lowest BCUT2D eigenvalue weighted by atomic mass is 9.95. The molecule has 1 saturated heterocycles. The van der Waals surface area contributed by atoms with Gasteiger partial charge in [0, 0.05) is 30.5 Å². The first kappa shape index (κ1) is 9.33. The van der Waals surface area contributed by atoms with Crippen molar-refractivity contribution in [3.05, 3.63) is 42.1 Å². The summed E-state index contributed by atoms with van der Waals surface area (Å²) in [5, 5.41) is 4.00. The number of carbonyl (C=O) groups is 1. The van der Waals surface area contributed by atoms with Gasteiger partial charge >= 0.3 is 0 Å². The molecule has 2 heterocycles. The van der Waals surface area contributed by atoms with Crippen LogP contribution in [0.25, 0.3) is 10.9 Å². The maximum absolute atomic E-state index is 11.2. The van der Waals surface area contributed by atoms with Crippen LogP contribution in [-0.4, -0.2) is 17.4 Å². The highest BCUT2D eigenvalue weighted by molar-refractivity contribution is 5.85. The summed E-state index contributed by atoms with van der Waals surface area (Å²) in [5.74, 6) is 0.407. The molecule has 1 amide bonds. The number of fused-ring (bicyclic) bond motifs is 1. The highest BCUT2D eigenvalue weighted by Gasteiger charge is 2.24. The molecular weight excluding hydrogens is 200 g/mol. The maximum Gasteiger partial charge on any atom is 0.220 e. The fourth-order valence-corrected chi connectivity index (χ4v) is 2.28. The number of amides is 1. The first-order chi connectivity index (χ1) is 7.84. The van der Waals surface area contributed by atoms with Gasteiger partial charge in [0.05, 0.1) is 5.52 Å². The number of carbonyl (C=O) groups excluding carboxylic acids is 1. The molecule has 0 aliphatic carbocycles. The van der Waals surface area contributed by atoms with E-state index in [2.05, 4.69) is 28.5 Å². The van der Waals surface area contributed by atoms with Crippen LogP contribution in [0.4, 0.5) is 0 Å². The zero-order chi connectivity index (χ0) is 11.0. The van der Waals surface area contributed by atoms with Crippen LogP contribution in [0, 0.1) is 0 Å². The Hall–Kier alpha value is -1.90. The first-order valence-corrected chi connectivity index (χ1v) is 5.45. The van der Waals surface area contributed by atoms with Crippen LogP contribution in [0.3, 0.4) is 0 Å². The van der Waals surface area contributed by atoms with Gasteiger partial charge in [-0.2, -0.15) is 0 Å². The van der Waals surface area contributed by atoms with Gasteiger partial charge in [0.2, 0.25) is 5.91 Å². The van der Waals surface area contributed by atoms with E-state index in [-0.39, 0.29) is 11.8 Å². The van der Waals surface area contributed by atoms with Gasteiger partial charge in [-0.05, 0) is 11.6 Å². The Kier molecular flexibility index (Phi) is 2.10. The van der Waals surface area contributed by atoms with Gasteiger partial charge in [0.25, 0.3) is 0 Å². The normalized spacial score (nSPS) is 20.0. The van der Waals surface area contributed by atoms with Gasteiger partial charge in [-0.25, -0.2) is 0 Å². The van der Waals surface area contributed by atoms with E-state index in [9.17, 15) is 4.79 Å². The van der Waals surface area contributed by atoms with Crippen molar-refractivity contribution in [2.75, 3.05) is 6.54 Å². The Balaban J connectivity index is 2.13. The third-order valence-electron chi connectivity index (χ3n) is 3.08. The molecule has 1 aliphatic rings. The van der Waals surface area contributed by atoms with Crippen molar-refractivity contribution in [3.8, 4) is 0 Å². The summed E-state index contributed by atoms with van der Waals surface area (Å²) in [7, 11) is 0. The molecule has 1 atom stereocenters. The molecular formula is C13H12N2O. The second kappa shape index (κ2) is 3.59. The second-order valence-corrected chi connectivity index (χ2v) is 4.13. The standard InChI is InChI=1S/C13H12N2O/c16-12-7-10(8-15-12)11-5-1-3-9-4-2-6-14-13(9)11/h1-6,10H,7-8H2,(H,15,16). The molecule has 0 saturated carbocycles. The van der Waals surface area contributed by atoms with Gasteiger partial charge in [0.1, 0.15) is 0 Å². The molecule has 0 spiro atoms. The van der Waals surface area contributed by atoms with E-state index in [0.717, 1.165) is 17.4 Å². The smallest absolute Gasteiger partial charge is 0.220 e. The number of nitrogens with zero attached hydrogens (tertiary/aromatic N) is 1. The van der Waals surface area contributed by atoms with Crippen molar-refractivity contribution >= 4 is 16.8 Å². The molecule has 1 N–H and O–H groups in total. The average molecular weight is 212 g/mol. The molecule has 2 aromatic rings. The van der Waals surface area contributed by atoms with E-state index < -0.39 is 0 Å². The number of hydrogen-bond acceptors (Lipinski definition) is 2. The van der Waals surface area contributed by atoms with E-state index in [1.54, 1.807) is 6.20 Å². The van der Waals surface area contributed by atoms with Crippen LogP contribution in [0.15, 0.2) is 36.5 Å². The number of nitrogens with one attached hydrogen (secondary N) is 1. The van der Waals surface area contributed by atoms with E-state index in [1.807, 2.05) is 12.1 Å². The predicted molar refractivity (Wildman–Crippen MR) is 62.1 cm³/mol. The third kappa shape index (κ3) is 1.45. The number of pyridine rings is 1. The zero-order valence-corrected chi connectivity index (χ0v) is 8.81. The molecule has 0 bridgehead atoms. The van der Waals surface area contributed by atoms with Gasteiger partial charge in [-0.1, -0.05) is 24.3 Å². The molecule has 1 aliphatic heterocycles. The third-order valence-corrected chi connectivity index (χ3v) is 3.08.